The molecule has 1 unspecified atom stereocenters. The average Bonchev–Trinajstić information content (AvgIpc) is 2.58. The molecule has 9 heteroatoms. The van der Waals surface area contributed by atoms with Crippen molar-refractivity contribution >= 4 is 25.7 Å². The normalized spacial score (nSPS) is 19.3. The summed E-state index contributed by atoms with van der Waals surface area (Å²) in [5.41, 5.74) is 0. The van der Waals surface area contributed by atoms with E-state index in [1.807, 2.05) is 0 Å². The summed E-state index contributed by atoms with van der Waals surface area (Å²) in [7, 11) is 1.33. The summed E-state index contributed by atoms with van der Waals surface area (Å²) < 4.78 is 33.8. The molecule has 0 radical (unpaired) electrons. The van der Waals surface area contributed by atoms with Crippen LogP contribution in [0, 0.1) is 0 Å². The number of aromatic nitrogens is 2. The van der Waals surface area contributed by atoms with Crippen LogP contribution >= 0.6 is 10.7 Å². The van der Waals surface area contributed by atoms with Crippen molar-refractivity contribution in [1.82, 2.24) is 9.78 Å². The van der Waals surface area contributed by atoms with Gasteiger partial charge in [-0.3, -0.25) is 4.79 Å². The van der Waals surface area contributed by atoms with Crippen LogP contribution in [0.1, 0.15) is 6.92 Å². The maximum absolute atomic E-state index is 11.2. The Morgan fingerprint density at radius 3 is 3.00 bits per heavy atom. The Hall–Kier alpha value is -1.28. The first-order valence-corrected chi connectivity index (χ1v) is 6.99. The molecule has 7 nitrogen and oxygen atoms in total. The van der Waals surface area contributed by atoms with E-state index in [4.69, 9.17) is 20.2 Å². The Morgan fingerprint density at radius 2 is 2.41 bits per heavy atom. The predicted octanol–water partition coefficient (Wildman–Crippen LogP) is 0.135. The first-order valence-electron chi connectivity index (χ1n) is 4.68. The molecular formula is C8H9ClN2O5S. The molecular weight excluding hydrogens is 272 g/mol. The molecule has 0 saturated heterocycles. The summed E-state index contributed by atoms with van der Waals surface area (Å²) in [5.74, 6) is -0.359. The van der Waals surface area contributed by atoms with Crippen molar-refractivity contribution in [3.63, 3.8) is 0 Å². The maximum Gasteiger partial charge on any atom is 0.303 e. The number of hydrogen-bond acceptors (Lipinski definition) is 6. The minimum Gasteiger partial charge on any atom is -0.473 e. The molecule has 0 fully saturated rings. The van der Waals surface area contributed by atoms with Gasteiger partial charge in [-0.2, -0.15) is 5.10 Å². The van der Waals surface area contributed by atoms with Gasteiger partial charge in [-0.15, -0.1) is 0 Å². The van der Waals surface area contributed by atoms with Crippen LogP contribution in [0.4, 0.5) is 0 Å². The summed E-state index contributed by atoms with van der Waals surface area (Å²) in [6.07, 6.45) is 0.624. The van der Waals surface area contributed by atoms with Gasteiger partial charge in [0, 0.05) is 17.6 Å². The zero-order chi connectivity index (χ0) is 12.6. The van der Waals surface area contributed by atoms with Crippen molar-refractivity contribution in [3.8, 4) is 5.88 Å². The number of halogens is 1. The lowest BCUT2D eigenvalue weighted by Gasteiger charge is -2.23. The third-order valence-corrected chi connectivity index (χ3v) is 3.44. The van der Waals surface area contributed by atoms with E-state index in [0.29, 0.717) is 0 Å². The molecule has 0 aliphatic carbocycles. The number of ether oxygens (including phenoxy) is 2. The highest BCUT2D eigenvalue weighted by molar-refractivity contribution is 8.13. The van der Waals surface area contributed by atoms with Gasteiger partial charge in [0.15, 0.2) is 11.0 Å². The Labute approximate surface area is 102 Å². The molecule has 1 aromatic rings. The van der Waals surface area contributed by atoms with Crippen molar-refractivity contribution in [2.24, 2.45) is 0 Å². The molecule has 0 amide bonds. The van der Waals surface area contributed by atoms with Crippen molar-refractivity contribution < 1.29 is 22.7 Å². The number of nitrogens with zero attached hydrogens (tertiary/aromatic N) is 2. The van der Waals surface area contributed by atoms with Gasteiger partial charge in [0.1, 0.15) is 6.61 Å². The molecule has 2 rings (SSSR count). The molecule has 1 aliphatic rings. The lowest BCUT2D eigenvalue weighted by Crippen LogP contribution is -2.34. The van der Waals surface area contributed by atoms with E-state index in [2.05, 4.69) is 5.10 Å². The zero-order valence-electron chi connectivity index (χ0n) is 8.79. The van der Waals surface area contributed by atoms with Gasteiger partial charge in [0.2, 0.25) is 5.88 Å². The second kappa shape index (κ2) is 4.19. The van der Waals surface area contributed by atoms with Crippen LogP contribution in [-0.4, -0.2) is 36.9 Å². The van der Waals surface area contributed by atoms with Crippen molar-refractivity contribution in [3.05, 3.63) is 6.20 Å². The summed E-state index contributed by atoms with van der Waals surface area (Å²) in [6.45, 7) is 1.60. The first kappa shape index (κ1) is 12.2. The standard InChI is InChI=1S/C8H9ClN2O5S/c1-5(12)16-6-3-11-8(15-4-6)7(2-10-11)17(9,13)14/h2,6H,3-4H2,1H3. The molecule has 0 spiro atoms. The van der Waals surface area contributed by atoms with Gasteiger partial charge in [-0.05, 0) is 0 Å². The van der Waals surface area contributed by atoms with Gasteiger partial charge in [-0.25, -0.2) is 13.1 Å². The highest BCUT2D eigenvalue weighted by Crippen LogP contribution is 2.29. The topological polar surface area (TPSA) is 87.5 Å². The maximum atomic E-state index is 11.2. The molecule has 0 aromatic carbocycles. The Bertz CT molecular complexity index is 552. The van der Waals surface area contributed by atoms with E-state index in [0.717, 1.165) is 6.20 Å². The molecule has 1 aliphatic heterocycles. The molecule has 0 bridgehead atoms. The third kappa shape index (κ3) is 2.52. The van der Waals surface area contributed by atoms with E-state index in [1.54, 1.807) is 0 Å². The number of rotatable bonds is 2. The molecule has 0 saturated carbocycles. The highest BCUT2D eigenvalue weighted by atomic mass is 35.7. The van der Waals surface area contributed by atoms with Crippen LogP contribution in [0.2, 0.25) is 0 Å². The van der Waals surface area contributed by atoms with Crippen molar-refractivity contribution in [2.45, 2.75) is 24.5 Å². The fourth-order valence-corrected chi connectivity index (χ4v) is 2.39. The number of fused-ring (bicyclic) bond motifs is 1. The molecule has 17 heavy (non-hydrogen) atoms. The van der Waals surface area contributed by atoms with Gasteiger partial charge in [0.05, 0.1) is 12.7 Å². The first-order chi connectivity index (χ1) is 7.88. The fraction of sp³-hybridized carbons (Fsp3) is 0.500. The second-order valence-electron chi connectivity index (χ2n) is 3.48. The van der Waals surface area contributed by atoms with Gasteiger partial charge in [-0.1, -0.05) is 0 Å². The molecule has 1 aromatic heterocycles. The van der Waals surface area contributed by atoms with Crippen LogP contribution in [0.5, 0.6) is 5.88 Å². The number of hydrogen-bond donors (Lipinski definition) is 0. The van der Waals surface area contributed by atoms with E-state index in [1.165, 1.54) is 11.6 Å². The monoisotopic (exact) mass is 280 g/mol. The fourth-order valence-electron chi connectivity index (χ4n) is 1.52. The predicted molar refractivity (Wildman–Crippen MR) is 56.3 cm³/mol. The van der Waals surface area contributed by atoms with Gasteiger partial charge < -0.3 is 9.47 Å². The Kier molecular flexibility index (Phi) is 3.00. The SMILES string of the molecule is CC(=O)OC1COc2c(S(=O)(=O)Cl)cnn2C1. The Morgan fingerprint density at radius 1 is 1.71 bits per heavy atom. The van der Waals surface area contributed by atoms with Gasteiger partial charge >= 0.3 is 5.97 Å². The summed E-state index contributed by atoms with van der Waals surface area (Å²) in [4.78, 5) is 10.6. The van der Waals surface area contributed by atoms with Crippen molar-refractivity contribution in [2.75, 3.05) is 6.61 Å². The second-order valence-corrected chi connectivity index (χ2v) is 6.01. The number of carbonyl (C=O) groups excluding carboxylic acids is 1. The molecule has 94 valence electrons. The lowest BCUT2D eigenvalue weighted by atomic mass is 10.3. The Balaban J connectivity index is 2.25. The minimum atomic E-state index is -3.89. The van der Waals surface area contributed by atoms with E-state index >= 15 is 0 Å². The molecule has 1 atom stereocenters. The number of esters is 1. The van der Waals surface area contributed by atoms with Crippen LogP contribution in [0.15, 0.2) is 11.1 Å². The highest BCUT2D eigenvalue weighted by Gasteiger charge is 2.29. The minimum absolute atomic E-state index is 0.0726. The van der Waals surface area contributed by atoms with Crippen LogP contribution in [-0.2, 0) is 25.1 Å². The average molecular weight is 281 g/mol. The quantitative estimate of drug-likeness (QED) is 0.565. The van der Waals surface area contributed by atoms with Crippen LogP contribution in [0.25, 0.3) is 0 Å². The van der Waals surface area contributed by atoms with Crippen LogP contribution < -0.4 is 4.74 Å². The summed E-state index contributed by atoms with van der Waals surface area (Å²) in [6, 6.07) is 0. The van der Waals surface area contributed by atoms with E-state index in [-0.39, 0.29) is 23.9 Å². The van der Waals surface area contributed by atoms with E-state index < -0.39 is 21.1 Å². The number of carbonyl (C=O) groups is 1. The third-order valence-electron chi connectivity index (χ3n) is 2.14. The zero-order valence-corrected chi connectivity index (χ0v) is 10.4. The summed E-state index contributed by atoms with van der Waals surface area (Å²) in [5, 5.41) is 3.82. The smallest absolute Gasteiger partial charge is 0.303 e. The van der Waals surface area contributed by atoms with Crippen molar-refractivity contribution in [1.29, 1.82) is 0 Å². The molecule has 0 N–H and O–H groups in total. The summed E-state index contributed by atoms with van der Waals surface area (Å²) >= 11 is 0. The van der Waals surface area contributed by atoms with E-state index in [9.17, 15) is 13.2 Å². The van der Waals surface area contributed by atoms with Gasteiger partial charge in [0.25, 0.3) is 9.05 Å². The largest absolute Gasteiger partial charge is 0.473 e. The van der Waals surface area contributed by atoms with Crippen LogP contribution in [0.3, 0.4) is 0 Å². The lowest BCUT2D eigenvalue weighted by molar-refractivity contribution is -0.150. The molecule has 2 heterocycles.